The fourth-order valence-corrected chi connectivity index (χ4v) is 3.44. The van der Waals surface area contributed by atoms with Gasteiger partial charge in [0.1, 0.15) is 23.9 Å². The lowest BCUT2D eigenvalue weighted by molar-refractivity contribution is 0.0173. The topological polar surface area (TPSA) is 91.1 Å². The molecule has 1 saturated heterocycles. The number of amides is 1. The summed E-state index contributed by atoms with van der Waals surface area (Å²) in [6, 6.07) is 5.80. The van der Waals surface area contributed by atoms with E-state index in [-0.39, 0.29) is 17.7 Å². The van der Waals surface area contributed by atoms with Gasteiger partial charge in [0.2, 0.25) is 0 Å². The minimum Gasteiger partial charge on any atom is -0.378 e. The summed E-state index contributed by atoms with van der Waals surface area (Å²) in [5.74, 6) is -3.51. The van der Waals surface area contributed by atoms with Gasteiger partial charge in [0.15, 0.2) is 0 Å². The number of rotatable bonds is 7. The molecule has 1 aliphatic heterocycles. The van der Waals surface area contributed by atoms with Crippen LogP contribution in [-0.4, -0.2) is 42.2 Å². The van der Waals surface area contributed by atoms with Crippen LogP contribution < -0.4 is 10.2 Å². The Balaban J connectivity index is 1.89. The normalized spacial score (nSPS) is 14.9. The van der Waals surface area contributed by atoms with Crippen LogP contribution in [0.5, 0.6) is 0 Å². The third-order valence-electron chi connectivity index (χ3n) is 5.24. The summed E-state index contributed by atoms with van der Waals surface area (Å²) in [7, 11) is 0. The number of alkyl halides is 2. The first-order valence-electron chi connectivity index (χ1n) is 10.7. The Morgan fingerprint density at radius 3 is 2.63 bits per heavy atom. The van der Waals surface area contributed by atoms with E-state index in [2.05, 4.69) is 27.9 Å². The van der Waals surface area contributed by atoms with Gasteiger partial charge in [-0.1, -0.05) is 12.2 Å². The van der Waals surface area contributed by atoms with E-state index in [4.69, 9.17) is 4.74 Å². The van der Waals surface area contributed by atoms with Crippen LogP contribution in [0.1, 0.15) is 41.0 Å². The lowest BCUT2D eigenvalue weighted by atomic mass is 9.99. The van der Waals surface area contributed by atoms with Crippen molar-refractivity contribution in [3.8, 4) is 6.07 Å². The summed E-state index contributed by atoms with van der Waals surface area (Å²) >= 11 is 0. The van der Waals surface area contributed by atoms with Crippen molar-refractivity contribution < 1.29 is 22.7 Å². The molecule has 7 nitrogen and oxygen atoms in total. The highest BCUT2D eigenvalue weighted by molar-refractivity contribution is 5.94. The van der Waals surface area contributed by atoms with Crippen molar-refractivity contribution in [2.24, 2.45) is 0 Å². The lowest BCUT2D eigenvalue weighted by Gasteiger charge is -2.28. The second-order valence-electron chi connectivity index (χ2n) is 7.98. The number of halogens is 3. The lowest BCUT2D eigenvalue weighted by Crippen LogP contribution is -2.37. The number of nitrogens with one attached hydrogen (secondary N) is 1. The van der Waals surface area contributed by atoms with Gasteiger partial charge in [0.25, 0.3) is 11.8 Å². The highest BCUT2D eigenvalue weighted by Crippen LogP contribution is 2.28. The van der Waals surface area contributed by atoms with Crippen molar-refractivity contribution in [2.45, 2.75) is 19.8 Å². The molecule has 1 aliphatic rings. The fourth-order valence-electron chi connectivity index (χ4n) is 3.44. The number of carbonyl (C=O) groups excluding carboxylic acids is 1. The maximum absolute atomic E-state index is 13.7. The van der Waals surface area contributed by atoms with Crippen LogP contribution in [0.15, 0.2) is 60.8 Å². The second-order valence-corrected chi connectivity index (χ2v) is 7.98. The average molecular weight is 483 g/mol. The molecule has 3 heterocycles. The number of hydrogen-bond donors (Lipinski definition) is 1. The van der Waals surface area contributed by atoms with Gasteiger partial charge in [-0.25, -0.2) is 18.2 Å². The number of anilines is 1. The summed E-state index contributed by atoms with van der Waals surface area (Å²) in [4.78, 5) is 22.7. The van der Waals surface area contributed by atoms with Gasteiger partial charge in [-0.15, -0.1) is 0 Å². The number of hydrogen-bond acceptors (Lipinski definition) is 6. The third-order valence-corrected chi connectivity index (χ3v) is 5.24. The Hall–Kier alpha value is -3.97. The minimum absolute atomic E-state index is 0.167. The second kappa shape index (κ2) is 11.0. The fraction of sp³-hybridized carbons (Fsp3) is 0.280. The molecular formula is C25H24F3N5O2. The number of aromatic nitrogens is 2. The van der Waals surface area contributed by atoms with Crippen molar-refractivity contribution in [3.63, 3.8) is 0 Å². The molecule has 35 heavy (non-hydrogen) atoms. The van der Waals surface area contributed by atoms with Crippen molar-refractivity contribution in [3.05, 3.63) is 83.2 Å². The molecule has 2 aromatic rings. The first kappa shape index (κ1) is 25.6. The van der Waals surface area contributed by atoms with E-state index in [0.717, 1.165) is 18.3 Å². The Kier molecular flexibility index (Phi) is 8.04. The van der Waals surface area contributed by atoms with Crippen LogP contribution in [-0.2, 0) is 10.7 Å². The molecule has 10 heteroatoms. The molecule has 0 atom stereocenters. The molecule has 0 aliphatic carbocycles. The molecule has 2 aromatic heterocycles. The average Bonchev–Trinajstić information content (AvgIpc) is 2.85. The monoisotopic (exact) mass is 483 g/mol. The van der Waals surface area contributed by atoms with Gasteiger partial charge in [-0.3, -0.25) is 9.78 Å². The van der Waals surface area contributed by atoms with Crippen molar-refractivity contribution in [1.82, 2.24) is 15.3 Å². The molecular weight excluding hydrogens is 459 g/mol. The number of nitriles is 1. The predicted octanol–water partition coefficient (Wildman–Crippen LogP) is 4.50. The molecule has 0 spiro atoms. The van der Waals surface area contributed by atoms with E-state index >= 15 is 0 Å². The number of ether oxygens (including phenoxy) is 1. The summed E-state index contributed by atoms with van der Waals surface area (Å²) in [5.41, 5.74) is 0.828. The van der Waals surface area contributed by atoms with Crippen LogP contribution in [0, 0.1) is 11.3 Å². The molecule has 1 N–H and O–H groups in total. The maximum atomic E-state index is 13.7. The van der Waals surface area contributed by atoms with E-state index in [1.165, 1.54) is 12.3 Å². The molecule has 0 saturated carbocycles. The van der Waals surface area contributed by atoms with Gasteiger partial charge in [-0.2, -0.15) is 5.26 Å². The summed E-state index contributed by atoms with van der Waals surface area (Å²) in [6.07, 6.45) is 4.11. The molecule has 3 rings (SSSR count). The van der Waals surface area contributed by atoms with Gasteiger partial charge >= 0.3 is 0 Å². The zero-order valence-corrected chi connectivity index (χ0v) is 19.3. The Bertz CT molecular complexity index is 1220. The van der Waals surface area contributed by atoms with Crippen molar-refractivity contribution >= 4 is 17.3 Å². The maximum Gasteiger partial charge on any atom is 0.274 e. The van der Waals surface area contributed by atoms with Crippen molar-refractivity contribution in [2.75, 3.05) is 31.2 Å². The Labute approximate surface area is 201 Å². The highest BCUT2D eigenvalue weighted by atomic mass is 19.3. The number of allylic oxidation sites excluding steroid dienone is 3. The standard InChI is InChI=1S/C25H24F3N5O2/c1-16(2)21(18-10-17(14-29)23(31-15-18)33-6-8-35-9-7-33)12-20(13-26)32-24(34)22-11-19(4-5-30-22)25(3,27)28/h4-5,10-13,15H,1,6-9H2,2-3H3,(H,32,34)/b20-13+,21-12+. The van der Waals surface area contributed by atoms with E-state index < -0.39 is 17.4 Å². The van der Waals surface area contributed by atoms with E-state index in [0.29, 0.717) is 61.3 Å². The number of nitrogens with zero attached hydrogens (tertiary/aromatic N) is 4. The molecule has 182 valence electrons. The zero-order valence-electron chi connectivity index (χ0n) is 19.3. The SMILES string of the molecule is C=C(C)/C(=C\C(=C/F)NC(=O)c1cc(C(C)(F)F)ccn1)c1cnc(N2CCOCC2)c(C#N)c1. The smallest absolute Gasteiger partial charge is 0.274 e. The number of pyridine rings is 2. The van der Waals surface area contributed by atoms with Crippen LogP contribution in [0.25, 0.3) is 5.57 Å². The minimum atomic E-state index is -3.16. The molecule has 0 aromatic carbocycles. The molecule has 0 unspecified atom stereocenters. The van der Waals surface area contributed by atoms with Gasteiger partial charge in [0, 0.05) is 43.5 Å². The Morgan fingerprint density at radius 1 is 1.31 bits per heavy atom. The number of morpholine rings is 1. The summed E-state index contributed by atoms with van der Waals surface area (Å²) in [6.45, 7) is 8.55. The molecule has 1 fully saturated rings. The molecule has 1 amide bonds. The van der Waals surface area contributed by atoms with E-state index in [1.54, 1.807) is 13.0 Å². The quantitative estimate of drug-likeness (QED) is 0.584. The van der Waals surface area contributed by atoms with Crippen LogP contribution in [0.4, 0.5) is 19.0 Å². The molecule has 0 bridgehead atoms. The largest absolute Gasteiger partial charge is 0.378 e. The first-order chi connectivity index (χ1) is 16.6. The summed E-state index contributed by atoms with van der Waals surface area (Å²) in [5, 5.41) is 12.0. The number of carbonyl (C=O) groups is 1. The van der Waals surface area contributed by atoms with Gasteiger partial charge in [0.05, 0.1) is 24.5 Å². The van der Waals surface area contributed by atoms with Crippen LogP contribution in [0.3, 0.4) is 0 Å². The van der Waals surface area contributed by atoms with Crippen molar-refractivity contribution in [1.29, 1.82) is 5.26 Å². The van der Waals surface area contributed by atoms with E-state index in [9.17, 15) is 23.2 Å². The van der Waals surface area contributed by atoms with E-state index in [1.807, 2.05) is 4.90 Å². The molecule has 0 radical (unpaired) electrons. The van der Waals surface area contributed by atoms with Gasteiger partial charge in [-0.05, 0) is 36.8 Å². The van der Waals surface area contributed by atoms with Crippen LogP contribution in [0.2, 0.25) is 0 Å². The zero-order chi connectivity index (χ0) is 25.6. The van der Waals surface area contributed by atoms with Gasteiger partial charge < -0.3 is 15.0 Å². The Morgan fingerprint density at radius 2 is 2.03 bits per heavy atom. The summed E-state index contributed by atoms with van der Waals surface area (Å²) < 4.78 is 46.2. The highest BCUT2D eigenvalue weighted by Gasteiger charge is 2.25. The first-order valence-corrected chi connectivity index (χ1v) is 10.7. The predicted molar refractivity (Wildman–Crippen MR) is 125 cm³/mol. The third kappa shape index (κ3) is 6.33. The van der Waals surface area contributed by atoms with Crippen LogP contribution >= 0.6 is 0 Å².